The van der Waals surface area contributed by atoms with Crippen molar-refractivity contribution in [3.05, 3.63) is 75.4 Å². The molecule has 0 aliphatic carbocycles. The largest absolute Gasteiger partial charge is 0.481 e. The van der Waals surface area contributed by atoms with Crippen molar-refractivity contribution in [2.75, 3.05) is 20.8 Å². The van der Waals surface area contributed by atoms with E-state index in [1.807, 2.05) is 45.9 Å². The topological polar surface area (TPSA) is 243 Å². The number of H-pyrrole nitrogens is 2. The number of carboxylic acid groups (broad SMARTS) is 2. The molecule has 2 amide bonds. The first-order chi connectivity index (χ1) is 28.0. The number of aromatic amines is 2. The van der Waals surface area contributed by atoms with Crippen LogP contribution in [0.1, 0.15) is 109 Å². The number of methoxy groups -OCH3 is 2. The van der Waals surface area contributed by atoms with Crippen LogP contribution in [0.2, 0.25) is 0 Å². The molecule has 16 nitrogen and oxygen atoms in total. The molecule has 0 saturated heterocycles. The van der Waals surface area contributed by atoms with Gasteiger partial charge in [-0.05, 0) is 74.1 Å². The lowest BCUT2D eigenvalue weighted by Gasteiger charge is -2.18. The third-order valence-electron chi connectivity index (χ3n) is 11.0. The second kappa shape index (κ2) is 18.3. The number of carbonyl (C=O) groups excluding carboxylic acids is 4. The van der Waals surface area contributed by atoms with E-state index in [4.69, 9.17) is 24.5 Å². The zero-order valence-corrected chi connectivity index (χ0v) is 34.3. The first kappa shape index (κ1) is 43.5. The van der Waals surface area contributed by atoms with Gasteiger partial charge >= 0.3 is 23.9 Å². The van der Waals surface area contributed by atoms with Crippen LogP contribution in [0.3, 0.4) is 0 Å². The van der Waals surface area contributed by atoms with Gasteiger partial charge < -0.3 is 40.3 Å². The van der Waals surface area contributed by atoms with E-state index in [2.05, 4.69) is 27.2 Å². The van der Waals surface area contributed by atoms with Crippen LogP contribution in [0.4, 0.5) is 0 Å². The molecule has 5 rings (SSSR count). The summed E-state index contributed by atoms with van der Waals surface area (Å²) < 4.78 is 10.1. The van der Waals surface area contributed by atoms with Crippen molar-refractivity contribution in [1.29, 1.82) is 0 Å². The predicted octanol–water partition coefficient (Wildman–Crippen LogP) is 5.17. The Bertz CT molecular complexity index is 2440. The zero-order chi connectivity index (χ0) is 43.3. The Morgan fingerprint density at radius 2 is 1.58 bits per heavy atom. The van der Waals surface area contributed by atoms with Crippen molar-refractivity contribution in [3.63, 3.8) is 0 Å². The van der Waals surface area contributed by atoms with Gasteiger partial charge in [-0.15, -0.1) is 0 Å². The number of aliphatic carboxylic acids is 2. The predicted molar refractivity (Wildman–Crippen MR) is 220 cm³/mol. The van der Waals surface area contributed by atoms with Crippen LogP contribution in [-0.2, 0) is 51.1 Å². The van der Waals surface area contributed by atoms with Gasteiger partial charge in [0.1, 0.15) is 6.04 Å². The van der Waals surface area contributed by atoms with E-state index in [0.29, 0.717) is 41.1 Å². The van der Waals surface area contributed by atoms with Crippen molar-refractivity contribution in [2.24, 2.45) is 0 Å². The number of amides is 2. The van der Waals surface area contributed by atoms with E-state index < -0.39 is 54.1 Å². The van der Waals surface area contributed by atoms with E-state index in [-0.39, 0.29) is 43.0 Å². The minimum Gasteiger partial charge on any atom is -0.481 e. The summed E-state index contributed by atoms with van der Waals surface area (Å²) in [6, 6.07) is 4.17. The molecule has 0 radical (unpaired) electrons. The van der Waals surface area contributed by atoms with Gasteiger partial charge in [-0.2, -0.15) is 0 Å². The van der Waals surface area contributed by atoms with Gasteiger partial charge in [0, 0.05) is 70.1 Å². The lowest BCUT2D eigenvalue weighted by molar-refractivity contribution is -0.147. The van der Waals surface area contributed by atoms with Gasteiger partial charge in [-0.1, -0.05) is 26.5 Å². The molecule has 6 N–H and O–H groups in total. The van der Waals surface area contributed by atoms with E-state index in [1.54, 1.807) is 13.0 Å². The van der Waals surface area contributed by atoms with Crippen LogP contribution in [-0.4, -0.2) is 92.6 Å². The summed E-state index contributed by atoms with van der Waals surface area (Å²) in [5.74, 6) is -6.07. The molecule has 3 aromatic rings. The Hall–Kier alpha value is -6.58. The van der Waals surface area contributed by atoms with Crippen LogP contribution < -0.4 is 10.6 Å². The Morgan fingerprint density at radius 1 is 0.898 bits per heavy atom. The van der Waals surface area contributed by atoms with Crippen LogP contribution in [0, 0.1) is 13.8 Å². The highest BCUT2D eigenvalue weighted by atomic mass is 16.5. The normalized spacial score (nSPS) is 15.3. The number of hydrogen-bond donors (Lipinski definition) is 6. The summed E-state index contributed by atoms with van der Waals surface area (Å²) in [4.78, 5) is 92.7. The fraction of sp³-hybridized carbons (Fsp3) is 0.395. The molecular weight excluding hydrogens is 761 g/mol. The molecule has 312 valence electrons. The van der Waals surface area contributed by atoms with Gasteiger partial charge in [-0.25, -0.2) is 9.78 Å². The van der Waals surface area contributed by atoms with Gasteiger partial charge in [-0.3, -0.25) is 29.0 Å². The molecule has 0 aromatic carbocycles. The number of rotatable bonds is 15. The molecule has 0 unspecified atom stereocenters. The lowest BCUT2D eigenvalue weighted by atomic mass is 9.84. The molecule has 59 heavy (non-hydrogen) atoms. The number of fused-ring (bicyclic) bond motifs is 8. The fourth-order valence-electron chi connectivity index (χ4n) is 7.72. The third kappa shape index (κ3) is 9.27. The summed E-state index contributed by atoms with van der Waals surface area (Å²) >= 11 is 0. The van der Waals surface area contributed by atoms with Crippen LogP contribution in [0.25, 0.3) is 39.3 Å². The first-order valence-electron chi connectivity index (χ1n) is 19.3. The summed E-state index contributed by atoms with van der Waals surface area (Å²) in [7, 11) is 2.56. The van der Waals surface area contributed by atoms with E-state index in [1.165, 1.54) is 14.2 Å². The molecule has 2 aliphatic heterocycles. The minimum absolute atomic E-state index is 0.0513. The number of allylic oxidation sites excluding steroid dienone is 1. The number of hydrogen-bond acceptors (Lipinski definition) is 10. The summed E-state index contributed by atoms with van der Waals surface area (Å²) in [5.41, 5.74) is 9.75. The Labute approximate surface area is 340 Å². The van der Waals surface area contributed by atoms with Crippen LogP contribution in [0.5, 0.6) is 0 Å². The molecule has 2 aliphatic rings. The standard InChI is InChI=1S/C43H50N6O10/c1-9-24-20(3)28-16-30-22(5)26(11-12-37(53)58-7)40(48-30)27(15-38(54)59-8)41-39(42(55)44-14-13-35(50)47-34(43(56)57)19-36(51)52)23(6)31(49-41)18-33-25(10-2)21(4)29(46-33)17-32(24)45-28/h9,16-18,22,26,34,45-46H,1,10-15,19H2,2-8H3,(H,44,55)(H,47,50)(H,51,52)(H,56,57)/t22-,26-,34-/m0/s1. The van der Waals surface area contributed by atoms with E-state index in [9.17, 15) is 33.9 Å². The highest BCUT2D eigenvalue weighted by Crippen LogP contribution is 2.44. The van der Waals surface area contributed by atoms with Crippen molar-refractivity contribution in [2.45, 2.75) is 91.0 Å². The molecule has 8 bridgehead atoms. The van der Waals surface area contributed by atoms with E-state index >= 15 is 0 Å². The molecule has 16 heteroatoms. The quantitative estimate of drug-likeness (QED) is 0.109. The SMILES string of the molecule is C=Cc1c(C)c2cc3nc(c(CC(=O)OC)c4nc(cc5[nH]c(cc1[nH]2)c(C)c5CC)C(C)=C4C(=O)NCCC(=O)N[C@@H](CC(=O)O)C(=O)O)[C@@H](CCC(=O)OC)[C@@H]3C. The van der Waals surface area contributed by atoms with E-state index in [0.717, 1.165) is 44.3 Å². The monoisotopic (exact) mass is 810 g/mol. The highest BCUT2D eigenvalue weighted by Gasteiger charge is 2.36. The second-order valence-corrected chi connectivity index (χ2v) is 14.6. The van der Waals surface area contributed by atoms with Crippen LogP contribution >= 0.6 is 0 Å². The third-order valence-corrected chi connectivity index (χ3v) is 11.0. The molecule has 0 spiro atoms. The smallest absolute Gasteiger partial charge is 0.326 e. The fourth-order valence-corrected chi connectivity index (χ4v) is 7.72. The maximum atomic E-state index is 14.3. The van der Waals surface area contributed by atoms with Gasteiger partial charge in [0.15, 0.2) is 0 Å². The minimum atomic E-state index is -1.66. The summed E-state index contributed by atoms with van der Waals surface area (Å²) in [6.45, 7) is 13.6. The maximum Gasteiger partial charge on any atom is 0.326 e. The summed E-state index contributed by atoms with van der Waals surface area (Å²) in [6.07, 6.45) is 1.31. The van der Waals surface area contributed by atoms with Crippen molar-refractivity contribution >= 4 is 75.0 Å². The van der Waals surface area contributed by atoms with Crippen LogP contribution in [0.15, 0.2) is 24.8 Å². The number of nitrogens with one attached hydrogen (secondary N) is 4. The number of nitrogens with zero attached hydrogens (tertiary/aromatic N) is 2. The molecular formula is C43H50N6O10. The van der Waals surface area contributed by atoms with Crippen molar-refractivity contribution in [3.8, 4) is 0 Å². The number of carboxylic acids is 2. The average molecular weight is 811 g/mol. The van der Waals surface area contributed by atoms with Crippen molar-refractivity contribution in [1.82, 2.24) is 30.6 Å². The Balaban J connectivity index is 1.79. The lowest BCUT2D eigenvalue weighted by Crippen LogP contribution is -2.43. The second-order valence-electron chi connectivity index (χ2n) is 14.6. The van der Waals surface area contributed by atoms with Gasteiger partial charge in [0.05, 0.1) is 49.7 Å². The molecule has 3 atom stereocenters. The van der Waals surface area contributed by atoms with Gasteiger partial charge in [0.2, 0.25) is 5.91 Å². The maximum absolute atomic E-state index is 14.3. The molecule has 5 heterocycles. The molecule has 0 fully saturated rings. The number of esters is 2. The number of ether oxygens (including phenoxy) is 2. The average Bonchev–Trinajstić information content (AvgIpc) is 3.87. The first-order valence-corrected chi connectivity index (χ1v) is 19.3. The Kier molecular flexibility index (Phi) is 13.5. The number of carbonyl (C=O) groups is 6. The number of aromatic nitrogens is 4. The highest BCUT2D eigenvalue weighted by molar-refractivity contribution is 6.27. The Morgan fingerprint density at radius 3 is 2.20 bits per heavy atom. The molecule has 3 aromatic heterocycles. The number of aryl methyl sites for hydroxylation is 3. The summed E-state index contributed by atoms with van der Waals surface area (Å²) in [5, 5.41) is 23.3. The molecule has 0 saturated carbocycles. The van der Waals surface area contributed by atoms with Gasteiger partial charge in [0.25, 0.3) is 5.91 Å². The zero-order valence-electron chi connectivity index (χ0n) is 34.3. The van der Waals surface area contributed by atoms with Crippen molar-refractivity contribution < 1.29 is 48.5 Å².